The molecule has 1 atom stereocenters. The lowest BCUT2D eigenvalue weighted by Crippen LogP contribution is -2.15. The topological polar surface area (TPSA) is 87.5 Å². The monoisotopic (exact) mass is 532 g/mol. The molecule has 3 aromatic rings. The number of carbonyl (C=O) groups excluding carboxylic acids is 1. The summed E-state index contributed by atoms with van der Waals surface area (Å²) >= 11 is 0. The summed E-state index contributed by atoms with van der Waals surface area (Å²) in [5.74, 6) is 1.86. The zero-order chi connectivity index (χ0) is 28.0. The molecule has 0 fully saturated rings. The fourth-order valence-electron chi connectivity index (χ4n) is 4.91. The third-order valence-corrected chi connectivity index (χ3v) is 7.07. The van der Waals surface area contributed by atoms with Gasteiger partial charge in [0, 0.05) is 37.7 Å². The zero-order valence-corrected chi connectivity index (χ0v) is 23.8. The van der Waals surface area contributed by atoms with E-state index >= 15 is 0 Å². The van der Waals surface area contributed by atoms with E-state index in [0.717, 1.165) is 53.5 Å². The van der Waals surface area contributed by atoms with E-state index in [4.69, 9.17) is 19.2 Å². The van der Waals surface area contributed by atoms with Crippen LogP contribution in [-0.2, 0) is 41.3 Å². The van der Waals surface area contributed by atoms with E-state index in [1.54, 1.807) is 11.8 Å². The largest absolute Gasteiger partial charge is 0.496 e. The van der Waals surface area contributed by atoms with Gasteiger partial charge in [-0.25, -0.2) is 9.67 Å². The lowest BCUT2D eigenvalue weighted by molar-refractivity contribution is -0.138. The number of anilines is 1. The Labute approximate surface area is 231 Å². The first kappa shape index (κ1) is 28.2. The summed E-state index contributed by atoms with van der Waals surface area (Å²) in [4.78, 5) is 17.2. The van der Waals surface area contributed by atoms with Gasteiger partial charge in [0.25, 0.3) is 0 Å². The highest BCUT2D eigenvalue weighted by molar-refractivity contribution is 5.71. The standard InChI is InChI=1S/C31H40N4O4/c1-7-38-29(36)18-22(26-13-11-23(31(2,3)4)19-27(26)37-6)17-25-20-28(35(5)34-25)39-16-14-24-12-10-21-9-8-15-32-30(21)33-24/h7,10-13,19-20,22H,1,8-9,14-18H2,2-6H3,(H,32,33). The molecule has 0 amide bonds. The van der Waals surface area contributed by atoms with Crippen LogP contribution in [0, 0.1) is 0 Å². The van der Waals surface area contributed by atoms with Crippen molar-refractivity contribution in [2.24, 2.45) is 7.05 Å². The fraction of sp³-hybridized carbons (Fsp3) is 0.452. The van der Waals surface area contributed by atoms with Gasteiger partial charge in [-0.2, -0.15) is 5.10 Å². The lowest BCUT2D eigenvalue weighted by Gasteiger charge is -2.23. The second-order valence-corrected chi connectivity index (χ2v) is 11.0. The summed E-state index contributed by atoms with van der Waals surface area (Å²) in [6.07, 6.45) is 4.77. The number of ether oxygens (including phenoxy) is 3. The van der Waals surface area contributed by atoms with Crippen molar-refractivity contribution in [3.8, 4) is 11.6 Å². The number of nitrogens with one attached hydrogen (secondary N) is 1. The van der Waals surface area contributed by atoms with Gasteiger partial charge in [-0.1, -0.05) is 45.5 Å². The average molecular weight is 533 g/mol. The van der Waals surface area contributed by atoms with Crippen LogP contribution in [0.15, 0.2) is 49.2 Å². The van der Waals surface area contributed by atoms with Crippen LogP contribution < -0.4 is 14.8 Å². The van der Waals surface area contributed by atoms with Crippen molar-refractivity contribution >= 4 is 11.8 Å². The highest BCUT2D eigenvalue weighted by Gasteiger charge is 2.25. The van der Waals surface area contributed by atoms with Crippen LogP contribution in [0.25, 0.3) is 0 Å². The Bertz CT molecular complexity index is 1310. The number of hydrogen-bond acceptors (Lipinski definition) is 7. The second-order valence-electron chi connectivity index (χ2n) is 11.0. The molecular weight excluding hydrogens is 492 g/mol. The van der Waals surface area contributed by atoms with E-state index in [9.17, 15) is 4.79 Å². The molecule has 39 heavy (non-hydrogen) atoms. The van der Waals surface area contributed by atoms with Gasteiger partial charge in [-0.05, 0) is 53.5 Å². The van der Waals surface area contributed by atoms with Crippen LogP contribution in [0.3, 0.4) is 0 Å². The summed E-state index contributed by atoms with van der Waals surface area (Å²) in [5, 5.41) is 8.06. The van der Waals surface area contributed by atoms with E-state index in [0.29, 0.717) is 25.3 Å². The van der Waals surface area contributed by atoms with Crippen molar-refractivity contribution in [2.75, 3.05) is 25.6 Å². The van der Waals surface area contributed by atoms with Crippen LogP contribution in [-0.4, -0.2) is 41.0 Å². The molecule has 0 spiro atoms. The summed E-state index contributed by atoms with van der Waals surface area (Å²) < 4.78 is 18.6. The molecule has 4 rings (SSSR count). The van der Waals surface area contributed by atoms with Gasteiger partial charge in [-0.15, -0.1) is 0 Å². The predicted molar refractivity (Wildman–Crippen MR) is 152 cm³/mol. The first-order valence-electron chi connectivity index (χ1n) is 13.5. The fourth-order valence-corrected chi connectivity index (χ4v) is 4.91. The number of esters is 1. The van der Waals surface area contributed by atoms with Crippen LogP contribution in [0.5, 0.6) is 11.6 Å². The van der Waals surface area contributed by atoms with Gasteiger partial charge >= 0.3 is 5.97 Å². The molecule has 8 heteroatoms. The molecule has 0 aliphatic carbocycles. The molecule has 3 heterocycles. The van der Waals surface area contributed by atoms with E-state index in [1.807, 2.05) is 19.2 Å². The maximum absolute atomic E-state index is 12.5. The zero-order valence-electron chi connectivity index (χ0n) is 23.8. The number of pyridine rings is 1. The Morgan fingerprint density at radius 3 is 2.77 bits per heavy atom. The van der Waals surface area contributed by atoms with E-state index in [2.05, 4.69) is 62.0 Å². The molecule has 0 saturated heterocycles. The van der Waals surface area contributed by atoms with Crippen molar-refractivity contribution in [3.05, 3.63) is 77.3 Å². The van der Waals surface area contributed by atoms with Crippen molar-refractivity contribution in [1.82, 2.24) is 14.8 Å². The molecule has 0 bridgehead atoms. The number of benzene rings is 1. The Morgan fingerprint density at radius 2 is 2.03 bits per heavy atom. The van der Waals surface area contributed by atoms with Crippen LogP contribution in [0.1, 0.15) is 67.6 Å². The van der Waals surface area contributed by atoms with Gasteiger partial charge in [-0.3, -0.25) is 4.79 Å². The maximum atomic E-state index is 12.5. The Balaban J connectivity index is 1.48. The summed E-state index contributed by atoms with van der Waals surface area (Å²) in [5.41, 5.74) is 5.17. The van der Waals surface area contributed by atoms with Crippen LogP contribution >= 0.6 is 0 Å². The number of aryl methyl sites for hydroxylation is 2. The van der Waals surface area contributed by atoms with Gasteiger partial charge in [0.1, 0.15) is 11.6 Å². The second kappa shape index (κ2) is 12.4. The molecule has 1 unspecified atom stereocenters. The summed E-state index contributed by atoms with van der Waals surface area (Å²) in [7, 11) is 3.52. The quantitative estimate of drug-likeness (QED) is 0.258. The summed E-state index contributed by atoms with van der Waals surface area (Å²) in [6, 6.07) is 12.4. The molecule has 2 aromatic heterocycles. The van der Waals surface area contributed by atoms with Gasteiger partial charge in [0.2, 0.25) is 5.88 Å². The van der Waals surface area contributed by atoms with Crippen molar-refractivity contribution in [2.45, 2.75) is 64.2 Å². The Kier molecular flexibility index (Phi) is 8.94. The highest BCUT2D eigenvalue weighted by atomic mass is 16.5. The normalized spacial score (nSPS) is 13.7. The lowest BCUT2D eigenvalue weighted by atomic mass is 9.83. The van der Waals surface area contributed by atoms with Crippen molar-refractivity contribution in [1.29, 1.82) is 0 Å². The number of methoxy groups -OCH3 is 1. The average Bonchev–Trinajstić information content (AvgIpc) is 3.26. The van der Waals surface area contributed by atoms with Gasteiger partial charge in [0.15, 0.2) is 0 Å². The number of nitrogens with zero attached hydrogens (tertiary/aromatic N) is 3. The first-order chi connectivity index (χ1) is 18.7. The predicted octanol–water partition coefficient (Wildman–Crippen LogP) is 5.50. The number of fused-ring (bicyclic) bond motifs is 1. The number of carbonyl (C=O) groups is 1. The molecule has 208 valence electrons. The van der Waals surface area contributed by atoms with Crippen LogP contribution in [0.4, 0.5) is 5.82 Å². The first-order valence-corrected chi connectivity index (χ1v) is 13.5. The van der Waals surface area contributed by atoms with E-state index in [-0.39, 0.29) is 23.7 Å². The van der Waals surface area contributed by atoms with E-state index < -0.39 is 0 Å². The molecule has 8 nitrogen and oxygen atoms in total. The minimum Gasteiger partial charge on any atom is -0.496 e. The third kappa shape index (κ3) is 7.19. The third-order valence-electron chi connectivity index (χ3n) is 7.07. The number of aromatic nitrogens is 3. The Morgan fingerprint density at radius 1 is 1.21 bits per heavy atom. The molecule has 1 N–H and O–H groups in total. The molecule has 0 radical (unpaired) electrons. The molecule has 1 aliphatic rings. The SMILES string of the molecule is C=COC(=O)CC(Cc1cc(OCCc2ccc3c(n2)NCCC3)n(C)n1)c1ccc(C(C)(C)C)cc1OC. The maximum Gasteiger partial charge on any atom is 0.311 e. The van der Waals surface area contributed by atoms with Gasteiger partial charge < -0.3 is 19.5 Å². The smallest absolute Gasteiger partial charge is 0.311 e. The van der Waals surface area contributed by atoms with Gasteiger partial charge in [0.05, 0.1) is 32.1 Å². The Hall–Kier alpha value is -3.81. The van der Waals surface area contributed by atoms with E-state index in [1.165, 1.54) is 11.8 Å². The van der Waals surface area contributed by atoms with Crippen LogP contribution in [0.2, 0.25) is 0 Å². The molecular formula is C31H40N4O4. The number of rotatable bonds is 11. The molecule has 1 aliphatic heterocycles. The van der Waals surface area contributed by atoms with Crippen molar-refractivity contribution in [3.63, 3.8) is 0 Å². The number of hydrogen-bond donors (Lipinski definition) is 1. The minimum absolute atomic E-state index is 0.0264. The van der Waals surface area contributed by atoms with Crippen molar-refractivity contribution < 1.29 is 19.0 Å². The minimum atomic E-state index is -0.351. The molecule has 1 aromatic carbocycles. The summed E-state index contributed by atoms with van der Waals surface area (Å²) in [6.45, 7) is 11.5. The highest BCUT2D eigenvalue weighted by Crippen LogP contribution is 2.36. The molecule has 0 saturated carbocycles.